The van der Waals surface area contributed by atoms with Crippen LogP contribution in [0.15, 0.2) is 167 Å². The highest BCUT2D eigenvalue weighted by Crippen LogP contribution is 2.67. The molecule has 2 saturated heterocycles. The van der Waals surface area contributed by atoms with Crippen molar-refractivity contribution >= 4 is 90.3 Å². The number of esters is 4. The molecule has 16 heteroatoms. The Kier molecular flexibility index (Phi) is 12.7. The predicted octanol–water partition coefficient (Wildman–Crippen LogP) is 9.16. The number of hydrogen-bond donors (Lipinski definition) is 2. The maximum atomic E-state index is 14.2. The summed E-state index contributed by atoms with van der Waals surface area (Å²) in [5.41, 5.74) is -2.42. The first-order chi connectivity index (χ1) is 33.8. The van der Waals surface area contributed by atoms with Crippen molar-refractivity contribution in [3.05, 3.63) is 189 Å². The van der Waals surface area contributed by atoms with Crippen LogP contribution in [0, 0.1) is 10.8 Å². The SMILES string of the molecule is COC(=O)C1(C(=O)OC)C[C@@H](c2ccccc2)N(c2ccccc2)[C@]12C(=O)Nc1ccc(Br)cc12.COC(=O)C1(C(=O)OC)C[C@@H](c2ccccc2)N(c2ccccc2)[C@]12C(=O)Nc1ccc(Br)cc12. The average molecular weight is 1070 g/mol. The van der Waals surface area contributed by atoms with E-state index in [1.54, 1.807) is 36.4 Å². The highest BCUT2D eigenvalue weighted by Gasteiger charge is 2.80. The van der Waals surface area contributed by atoms with E-state index in [9.17, 15) is 28.8 Å². The molecule has 4 heterocycles. The summed E-state index contributed by atoms with van der Waals surface area (Å²) in [6, 6.07) is 47.3. The summed E-state index contributed by atoms with van der Waals surface area (Å²) >= 11 is 7.01. The van der Waals surface area contributed by atoms with Crippen molar-refractivity contribution < 1.29 is 47.7 Å². The molecular weight excluding hydrogens is 1020 g/mol. The summed E-state index contributed by atoms with van der Waals surface area (Å²) in [5.74, 6) is -4.30. The van der Waals surface area contributed by atoms with Gasteiger partial charge in [-0.05, 0) is 71.8 Å². The van der Waals surface area contributed by atoms with Crippen molar-refractivity contribution in [2.24, 2.45) is 10.8 Å². The third-order valence-electron chi connectivity index (χ3n) is 14.0. The predicted molar refractivity (Wildman–Crippen MR) is 267 cm³/mol. The van der Waals surface area contributed by atoms with Crippen LogP contribution in [0.1, 0.15) is 47.2 Å². The quantitative estimate of drug-likeness (QED) is 0.0844. The van der Waals surface area contributed by atoms with E-state index in [1.807, 2.05) is 131 Å². The van der Waals surface area contributed by atoms with Crippen LogP contribution in [-0.4, -0.2) is 64.1 Å². The third kappa shape index (κ3) is 6.77. The Balaban J connectivity index is 0.000000174. The van der Waals surface area contributed by atoms with Gasteiger partial charge in [-0.25, -0.2) is 0 Å². The van der Waals surface area contributed by atoms with Gasteiger partial charge in [-0.2, -0.15) is 0 Å². The maximum Gasteiger partial charge on any atom is 0.326 e. The van der Waals surface area contributed by atoms with Gasteiger partial charge in [-0.15, -0.1) is 0 Å². The number of nitrogens with zero attached hydrogens (tertiary/aromatic N) is 2. The van der Waals surface area contributed by atoms with Crippen molar-refractivity contribution in [2.45, 2.75) is 36.0 Å². The molecule has 4 atom stereocenters. The molecule has 4 aliphatic rings. The molecule has 2 fully saturated rings. The van der Waals surface area contributed by atoms with Crippen LogP contribution < -0.4 is 20.4 Å². The zero-order valence-corrected chi connectivity index (χ0v) is 41.5. The van der Waals surface area contributed by atoms with E-state index in [0.29, 0.717) is 42.8 Å². The van der Waals surface area contributed by atoms with E-state index < -0.39 is 69.7 Å². The molecule has 0 aliphatic carbocycles. The lowest BCUT2D eigenvalue weighted by Crippen LogP contribution is -2.62. The van der Waals surface area contributed by atoms with Crippen LogP contribution in [0.2, 0.25) is 0 Å². The lowest BCUT2D eigenvalue weighted by Gasteiger charge is -2.44. The number of carbonyl (C=O) groups is 6. The molecular formula is C54H46Br2N4O10. The van der Waals surface area contributed by atoms with Crippen molar-refractivity contribution in [1.29, 1.82) is 0 Å². The number of amides is 2. The number of methoxy groups -OCH3 is 4. The van der Waals surface area contributed by atoms with Gasteiger partial charge < -0.3 is 39.4 Å². The Morgan fingerprint density at radius 1 is 0.471 bits per heavy atom. The van der Waals surface area contributed by atoms with E-state index in [0.717, 1.165) is 11.1 Å². The number of ether oxygens (including phenoxy) is 4. The van der Waals surface area contributed by atoms with Crippen molar-refractivity contribution in [3.63, 3.8) is 0 Å². The number of anilines is 4. The van der Waals surface area contributed by atoms with E-state index in [4.69, 9.17) is 18.9 Å². The number of rotatable bonds is 8. The van der Waals surface area contributed by atoms with Crippen molar-refractivity contribution in [3.8, 4) is 0 Å². The Morgan fingerprint density at radius 3 is 1.07 bits per heavy atom. The number of nitrogens with one attached hydrogen (secondary N) is 2. The second-order valence-electron chi connectivity index (χ2n) is 17.2. The first kappa shape index (κ1) is 47.8. The highest BCUT2D eigenvalue weighted by atomic mass is 79.9. The molecule has 4 aliphatic heterocycles. The minimum atomic E-state index is -1.98. The highest BCUT2D eigenvalue weighted by molar-refractivity contribution is 9.10. The van der Waals surface area contributed by atoms with Gasteiger partial charge >= 0.3 is 23.9 Å². The molecule has 0 radical (unpaired) electrons. The third-order valence-corrected chi connectivity index (χ3v) is 15.0. The summed E-state index contributed by atoms with van der Waals surface area (Å²) < 4.78 is 22.4. The topological polar surface area (TPSA) is 170 Å². The normalized spacial score (nSPS) is 22.0. The van der Waals surface area contributed by atoms with Gasteiger partial charge in [0, 0.05) is 55.7 Å². The number of benzene rings is 6. The monoisotopic (exact) mass is 1070 g/mol. The molecule has 0 saturated carbocycles. The Labute approximate surface area is 420 Å². The molecule has 10 rings (SSSR count). The molecule has 0 unspecified atom stereocenters. The van der Waals surface area contributed by atoms with Crippen LogP contribution in [0.3, 0.4) is 0 Å². The molecule has 6 aromatic rings. The molecule has 6 aromatic carbocycles. The van der Waals surface area contributed by atoms with Gasteiger partial charge in [0.1, 0.15) is 0 Å². The fourth-order valence-corrected chi connectivity index (χ4v) is 12.1. The molecule has 2 N–H and O–H groups in total. The Bertz CT molecular complexity index is 2800. The van der Waals surface area contributed by atoms with Crippen LogP contribution >= 0.6 is 31.9 Å². The molecule has 0 bridgehead atoms. The Hall–Kier alpha value is -7.30. The molecule has 2 amide bonds. The van der Waals surface area contributed by atoms with Gasteiger partial charge in [0.15, 0.2) is 11.1 Å². The van der Waals surface area contributed by atoms with Crippen LogP contribution in [0.4, 0.5) is 22.7 Å². The number of halogens is 2. The fourth-order valence-electron chi connectivity index (χ4n) is 11.4. The van der Waals surface area contributed by atoms with Crippen LogP contribution in [0.25, 0.3) is 0 Å². The molecule has 0 aromatic heterocycles. The van der Waals surface area contributed by atoms with E-state index in [2.05, 4.69) is 42.5 Å². The van der Waals surface area contributed by atoms with Crippen LogP contribution in [0.5, 0.6) is 0 Å². The lowest BCUT2D eigenvalue weighted by atomic mass is 9.66. The fraction of sp³-hybridized carbons (Fsp3) is 0.222. The summed E-state index contributed by atoms with van der Waals surface area (Å²) in [7, 11) is 4.88. The second kappa shape index (κ2) is 18.6. The van der Waals surface area contributed by atoms with E-state index in [-0.39, 0.29) is 12.8 Å². The molecule has 2 spiro atoms. The van der Waals surface area contributed by atoms with E-state index >= 15 is 0 Å². The lowest BCUT2D eigenvalue weighted by molar-refractivity contribution is -0.176. The van der Waals surface area contributed by atoms with Gasteiger partial charge in [-0.1, -0.05) is 129 Å². The van der Waals surface area contributed by atoms with Gasteiger partial charge in [0.2, 0.25) is 10.8 Å². The minimum absolute atomic E-state index is 0.0232. The van der Waals surface area contributed by atoms with Crippen molar-refractivity contribution in [2.75, 3.05) is 48.9 Å². The largest absolute Gasteiger partial charge is 0.468 e. The molecule has 356 valence electrons. The standard InChI is InChI=1S/2C27H23BrN2O5/c2*1-34-24(32)26(25(33)35-2)16-22(17-9-5-3-6-10-17)30(19-11-7-4-8-12-19)27(26)20-15-18(28)13-14-21(20)29-23(27)31/h2*3-15,22H,16H2,1-2H3,(H,29,31)/t2*22-,27+/m00/s1. The first-order valence-electron chi connectivity index (χ1n) is 22.2. The smallest absolute Gasteiger partial charge is 0.326 e. The van der Waals surface area contributed by atoms with Gasteiger partial charge in [0.25, 0.3) is 11.8 Å². The second-order valence-corrected chi connectivity index (χ2v) is 19.0. The minimum Gasteiger partial charge on any atom is -0.468 e. The number of fused-ring (bicyclic) bond motifs is 4. The average Bonchev–Trinajstić information content (AvgIpc) is 4.10. The van der Waals surface area contributed by atoms with Gasteiger partial charge in [-0.3, -0.25) is 28.8 Å². The van der Waals surface area contributed by atoms with Gasteiger partial charge in [0.05, 0.1) is 40.5 Å². The Morgan fingerprint density at radius 2 is 0.771 bits per heavy atom. The van der Waals surface area contributed by atoms with Crippen LogP contribution in [-0.2, 0) is 58.8 Å². The van der Waals surface area contributed by atoms with Crippen molar-refractivity contribution in [1.82, 2.24) is 0 Å². The number of carbonyl (C=O) groups excluding carboxylic acids is 6. The zero-order chi connectivity index (χ0) is 49.6. The first-order valence-corrected chi connectivity index (χ1v) is 23.8. The summed E-state index contributed by atoms with van der Waals surface area (Å²) in [6.45, 7) is 0. The molecule has 70 heavy (non-hydrogen) atoms. The number of para-hydroxylation sites is 2. The number of hydrogen-bond acceptors (Lipinski definition) is 12. The summed E-state index contributed by atoms with van der Waals surface area (Å²) in [4.78, 5) is 87.2. The van der Waals surface area contributed by atoms with E-state index in [1.165, 1.54) is 28.4 Å². The maximum absolute atomic E-state index is 14.2. The zero-order valence-electron chi connectivity index (χ0n) is 38.3. The summed E-state index contributed by atoms with van der Waals surface area (Å²) in [5, 5.41) is 5.85. The summed E-state index contributed by atoms with van der Waals surface area (Å²) in [6.07, 6.45) is -0.0464. The molecule has 14 nitrogen and oxygen atoms in total.